The van der Waals surface area contributed by atoms with Crippen molar-refractivity contribution in [2.75, 3.05) is 0 Å². The van der Waals surface area contributed by atoms with E-state index >= 15 is 0 Å². The standard InChI is InChI=1S/C10H8ClNO2S2/c1-7-2-4-8(5-3-7)16(13,14)10-9(11)15-6-12-10/h2-6H,1H3. The van der Waals surface area contributed by atoms with E-state index in [0.717, 1.165) is 16.9 Å². The van der Waals surface area contributed by atoms with Crippen molar-refractivity contribution in [1.29, 1.82) is 0 Å². The summed E-state index contributed by atoms with van der Waals surface area (Å²) in [6.45, 7) is 1.90. The van der Waals surface area contributed by atoms with Gasteiger partial charge in [0.2, 0.25) is 9.84 Å². The molecule has 0 N–H and O–H groups in total. The Bertz CT molecular complexity index is 602. The molecule has 0 saturated heterocycles. The van der Waals surface area contributed by atoms with Gasteiger partial charge in [-0.1, -0.05) is 29.3 Å². The highest BCUT2D eigenvalue weighted by molar-refractivity contribution is 7.91. The molecule has 0 aliphatic heterocycles. The molecule has 16 heavy (non-hydrogen) atoms. The summed E-state index contributed by atoms with van der Waals surface area (Å²) in [5, 5.41) is -0.0666. The second-order valence-corrected chi connectivity index (χ2v) is 6.57. The molecule has 0 unspecified atom stereocenters. The number of aryl methyl sites for hydroxylation is 1. The molecule has 0 atom stereocenters. The molecule has 2 aromatic rings. The van der Waals surface area contributed by atoms with Gasteiger partial charge in [-0.3, -0.25) is 0 Å². The van der Waals surface area contributed by atoms with Crippen LogP contribution < -0.4 is 0 Å². The average molecular weight is 274 g/mol. The summed E-state index contributed by atoms with van der Waals surface area (Å²) in [5.74, 6) is 0. The number of nitrogens with zero attached hydrogens (tertiary/aromatic N) is 1. The molecule has 2 rings (SSSR count). The van der Waals surface area contributed by atoms with E-state index in [4.69, 9.17) is 11.6 Å². The summed E-state index contributed by atoms with van der Waals surface area (Å²) in [5.41, 5.74) is 2.42. The highest BCUT2D eigenvalue weighted by Crippen LogP contribution is 2.29. The normalized spacial score (nSPS) is 11.6. The van der Waals surface area contributed by atoms with Crippen molar-refractivity contribution in [2.24, 2.45) is 0 Å². The summed E-state index contributed by atoms with van der Waals surface area (Å²) in [4.78, 5) is 4.00. The van der Waals surface area contributed by atoms with E-state index in [9.17, 15) is 8.42 Å². The Morgan fingerprint density at radius 3 is 2.38 bits per heavy atom. The van der Waals surface area contributed by atoms with Gasteiger partial charge >= 0.3 is 0 Å². The Kier molecular flexibility index (Phi) is 3.01. The molecule has 0 fully saturated rings. The fourth-order valence-electron chi connectivity index (χ4n) is 1.23. The molecule has 0 bridgehead atoms. The largest absolute Gasteiger partial charge is 0.231 e. The van der Waals surface area contributed by atoms with Gasteiger partial charge in [-0.2, -0.15) is 0 Å². The van der Waals surface area contributed by atoms with E-state index in [0.29, 0.717) is 0 Å². The van der Waals surface area contributed by atoms with Crippen molar-refractivity contribution in [3.05, 3.63) is 39.7 Å². The summed E-state index contributed by atoms with van der Waals surface area (Å²) in [6, 6.07) is 6.60. The maximum atomic E-state index is 12.1. The van der Waals surface area contributed by atoms with E-state index in [1.165, 1.54) is 5.51 Å². The van der Waals surface area contributed by atoms with Crippen LogP contribution in [0.5, 0.6) is 0 Å². The van der Waals surface area contributed by atoms with Crippen LogP contribution in [0.4, 0.5) is 0 Å². The Balaban J connectivity index is 2.56. The molecule has 1 aromatic carbocycles. The average Bonchev–Trinajstić information content (AvgIpc) is 2.66. The molecule has 0 aliphatic carbocycles. The number of halogens is 1. The minimum atomic E-state index is -3.58. The smallest absolute Gasteiger partial charge is 0.226 e. The van der Waals surface area contributed by atoms with Gasteiger partial charge in [0, 0.05) is 0 Å². The SMILES string of the molecule is Cc1ccc(S(=O)(=O)c2ncsc2Cl)cc1. The van der Waals surface area contributed by atoms with Crippen molar-refractivity contribution in [1.82, 2.24) is 4.98 Å². The number of thiazole rings is 1. The fraction of sp³-hybridized carbons (Fsp3) is 0.100. The molecule has 3 nitrogen and oxygen atoms in total. The van der Waals surface area contributed by atoms with Crippen molar-refractivity contribution >= 4 is 32.8 Å². The first-order valence-electron chi connectivity index (χ1n) is 4.42. The van der Waals surface area contributed by atoms with Crippen LogP contribution in [0.25, 0.3) is 0 Å². The molecule has 0 aliphatic rings. The van der Waals surface area contributed by atoms with Crippen molar-refractivity contribution < 1.29 is 8.42 Å². The molecule has 84 valence electrons. The predicted octanol–water partition coefficient (Wildman–Crippen LogP) is 2.94. The Labute approximate surface area is 103 Å². The second-order valence-electron chi connectivity index (χ2n) is 3.25. The lowest BCUT2D eigenvalue weighted by Gasteiger charge is -2.02. The number of benzene rings is 1. The summed E-state index contributed by atoms with van der Waals surface area (Å²) in [7, 11) is -3.58. The Morgan fingerprint density at radius 2 is 1.88 bits per heavy atom. The highest BCUT2D eigenvalue weighted by Gasteiger charge is 2.23. The van der Waals surface area contributed by atoms with Crippen LogP contribution in [-0.2, 0) is 9.84 Å². The third-order valence-corrected chi connectivity index (χ3v) is 5.09. The van der Waals surface area contributed by atoms with Crippen LogP contribution in [0.15, 0.2) is 39.7 Å². The van der Waals surface area contributed by atoms with Crippen LogP contribution in [0.1, 0.15) is 5.56 Å². The van der Waals surface area contributed by atoms with E-state index in [-0.39, 0.29) is 14.3 Å². The molecule has 0 saturated carbocycles. The van der Waals surface area contributed by atoms with Gasteiger partial charge in [-0.05, 0) is 19.1 Å². The van der Waals surface area contributed by atoms with Gasteiger partial charge in [-0.25, -0.2) is 13.4 Å². The molecule has 0 amide bonds. The molecule has 1 heterocycles. The van der Waals surface area contributed by atoms with Crippen LogP contribution in [0, 0.1) is 6.92 Å². The van der Waals surface area contributed by atoms with Crippen LogP contribution in [0.3, 0.4) is 0 Å². The Hall–Kier alpha value is -0.910. The van der Waals surface area contributed by atoms with Gasteiger partial charge < -0.3 is 0 Å². The zero-order valence-electron chi connectivity index (χ0n) is 8.34. The monoisotopic (exact) mass is 273 g/mol. The first kappa shape index (κ1) is 11.6. The minimum Gasteiger partial charge on any atom is -0.231 e. The number of sulfone groups is 1. The fourth-order valence-corrected chi connectivity index (χ4v) is 3.76. The van der Waals surface area contributed by atoms with Gasteiger partial charge in [0.15, 0.2) is 5.03 Å². The zero-order chi connectivity index (χ0) is 11.8. The van der Waals surface area contributed by atoms with Crippen molar-refractivity contribution in [3.8, 4) is 0 Å². The lowest BCUT2D eigenvalue weighted by atomic mass is 10.2. The maximum Gasteiger partial charge on any atom is 0.226 e. The lowest BCUT2D eigenvalue weighted by molar-refractivity contribution is 0.593. The second kappa shape index (κ2) is 4.16. The summed E-state index contributed by atoms with van der Waals surface area (Å²) >= 11 is 6.89. The first-order chi connectivity index (χ1) is 7.51. The number of hydrogen-bond donors (Lipinski definition) is 0. The predicted molar refractivity (Wildman–Crippen MR) is 63.8 cm³/mol. The van der Waals surface area contributed by atoms with Crippen LogP contribution in [-0.4, -0.2) is 13.4 Å². The molecular weight excluding hydrogens is 266 g/mol. The van der Waals surface area contributed by atoms with Gasteiger partial charge in [0.05, 0.1) is 10.4 Å². The minimum absolute atomic E-state index is 0.0666. The van der Waals surface area contributed by atoms with E-state index in [2.05, 4.69) is 4.98 Å². The summed E-state index contributed by atoms with van der Waals surface area (Å²) < 4.78 is 24.4. The third-order valence-electron chi connectivity index (χ3n) is 2.08. The Morgan fingerprint density at radius 1 is 1.25 bits per heavy atom. The highest BCUT2D eigenvalue weighted by atomic mass is 35.5. The zero-order valence-corrected chi connectivity index (χ0v) is 10.7. The van der Waals surface area contributed by atoms with E-state index in [1.54, 1.807) is 24.3 Å². The molecule has 6 heteroatoms. The van der Waals surface area contributed by atoms with Crippen LogP contribution in [0.2, 0.25) is 4.34 Å². The maximum absolute atomic E-state index is 12.1. The third kappa shape index (κ3) is 1.98. The molecular formula is C10H8ClNO2S2. The quantitative estimate of drug-likeness (QED) is 0.845. The molecule has 0 spiro atoms. The van der Waals surface area contributed by atoms with Gasteiger partial charge in [0.25, 0.3) is 0 Å². The molecule has 0 radical (unpaired) electrons. The first-order valence-corrected chi connectivity index (χ1v) is 7.16. The number of rotatable bonds is 2. The van der Waals surface area contributed by atoms with Gasteiger partial charge in [0.1, 0.15) is 4.34 Å². The van der Waals surface area contributed by atoms with Crippen molar-refractivity contribution in [2.45, 2.75) is 16.8 Å². The molecule has 1 aromatic heterocycles. The van der Waals surface area contributed by atoms with Gasteiger partial charge in [-0.15, -0.1) is 11.3 Å². The number of aromatic nitrogens is 1. The van der Waals surface area contributed by atoms with Crippen LogP contribution >= 0.6 is 22.9 Å². The summed E-state index contributed by atoms with van der Waals surface area (Å²) in [6.07, 6.45) is 0. The van der Waals surface area contributed by atoms with Crippen molar-refractivity contribution in [3.63, 3.8) is 0 Å². The van der Waals surface area contributed by atoms with E-state index in [1.807, 2.05) is 6.92 Å². The lowest BCUT2D eigenvalue weighted by Crippen LogP contribution is -2.02. The number of hydrogen-bond acceptors (Lipinski definition) is 4. The van der Waals surface area contributed by atoms with E-state index < -0.39 is 9.84 Å². The topological polar surface area (TPSA) is 47.0 Å².